The number of ether oxygens (including phenoxy) is 1. The monoisotopic (exact) mass is 369 g/mol. The van der Waals surface area contributed by atoms with Crippen LogP contribution in [0.15, 0.2) is 53.1 Å². The van der Waals surface area contributed by atoms with Crippen LogP contribution in [0, 0.1) is 0 Å². The Morgan fingerprint density at radius 2 is 1.96 bits per heavy atom. The predicted molar refractivity (Wildman–Crippen MR) is 97.4 cm³/mol. The zero-order chi connectivity index (χ0) is 18.1. The first-order valence-electron chi connectivity index (χ1n) is 8.18. The van der Waals surface area contributed by atoms with Crippen molar-refractivity contribution in [2.24, 2.45) is 0 Å². The third-order valence-electron chi connectivity index (χ3n) is 4.41. The highest BCUT2D eigenvalue weighted by molar-refractivity contribution is 6.33. The summed E-state index contributed by atoms with van der Waals surface area (Å²) >= 11 is 6.22. The molecule has 1 aliphatic heterocycles. The molecule has 1 aliphatic rings. The van der Waals surface area contributed by atoms with Gasteiger partial charge in [-0.05, 0) is 36.4 Å². The van der Waals surface area contributed by atoms with Gasteiger partial charge in [-0.1, -0.05) is 28.9 Å². The van der Waals surface area contributed by atoms with Crippen LogP contribution < -0.4 is 9.64 Å². The molecule has 1 unspecified atom stereocenters. The molecule has 132 valence electrons. The molecule has 2 aromatic carbocycles. The van der Waals surface area contributed by atoms with Crippen molar-refractivity contribution in [3.05, 3.63) is 59.4 Å². The number of amides is 1. The van der Waals surface area contributed by atoms with Crippen molar-refractivity contribution in [3.63, 3.8) is 0 Å². The molecule has 0 radical (unpaired) electrons. The van der Waals surface area contributed by atoms with Crippen LogP contribution in [0.3, 0.4) is 0 Å². The first-order chi connectivity index (χ1) is 12.7. The molecular formula is C19H16ClN3O3. The van der Waals surface area contributed by atoms with Crippen LogP contribution in [0.5, 0.6) is 5.75 Å². The van der Waals surface area contributed by atoms with E-state index in [1.54, 1.807) is 18.1 Å². The number of para-hydroxylation sites is 1. The number of carbonyl (C=O) groups is 1. The van der Waals surface area contributed by atoms with Crippen molar-refractivity contribution in [1.82, 2.24) is 10.1 Å². The van der Waals surface area contributed by atoms with Crippen molar-refractivity contribution in [3.8, 4) is 17.1 Å². The summed E-state index contributed by atoms with van der Waals surface area (Å²) in [4.78, 5) is 18.6. The van der Waals surface area contributed by atoms with Crippen LogP contribution in [-0.2, 0) is 4.79 Å². The largest absolute Gasteiger partial charge is 0.497 e. The van der Waals surface area contributed by atoms with E-state index in [-0.39, 0.29) is 11.8 Å². The molecule has 1 atom stereocenters. The van der Waals surface area contributed by atoms with Gasteiger partial charge in [0.25, 0.3) is 0 Å². The Labute approximate surface area is 155 Å². The molecule has 1 fully saturated rings. The molecule has 0 N–H and O–H groups in total. The van der Waals surface area contributed by atoms with Crippen molar-refractivity contribution >= 4 is 23.2 Å². The maximum Gasteiger partial charge on any atom is 0.232 e. The lowest BCUT2D eigenvalue weighted by atomic mass is 10.1. The summed E-state index contributed by atoms with van der Waals surface area (Å²) in [6.07, 6.45) is 0.315. The lowest BCUT2D eigenvalue weighted by molar-refractivity contribution is -0.117. The first kappa shape index (κ1) is 16.6. The number of nitrogens with zero attached hydrogens (tertiary/aromatic N) is 3. The normalized spacial score (nSPS) is 16.9. The van der Waals surface area contributed by atoms with Gasteiger partial charge in [0.15, 0.2) is 0 Å². The molecule has 0 saturated carbocycles. The first-order valence-corrected chi connectivity index (χ1v) is 8.56. The Morgan fingerprint density at radius 3 is 2.69 bits per heavy atom. The quantitative estimate of drug-likeness (QED) is 0.697. The fraction of sp³-hybridized carbons (Fsp3) is 0.211. The zero-order valence-corrected chi connectivity index (χ0v) is 14.8. The molecule has 3 aromatic rings. The van der Waals surface area contributed by atoms with Crippen molar-refractivity contribution in [1.29, 1.82) is 0 Å². The third-order valence-corrected chi connectivity index (χ3v) is 4.73. The van der Waals surface area contributed by atoms with E-state index in [4.69, 9.17) is 20.9 Å². The van der Waals surface area contributed by atoms with E-state index in [1.807, 2.05) is 42.5 Å². The maximum absolute atomic E-state index is 12.4. The Hall–Kier alpha value is -2.86. The average Bonchev–Trinajstić information content (AvgIpc) is 3.29. The van der Waals surface area contributed by atoms with Gasteiger partial charge in [0.1, 0.15) is 5.75 Å². The van der Waals surface area contributed by atoms with Gasteiger partial charge in [-0.2, -0.15) is 4.98 Å². The second kappa shape index (κ2) is 6.80. The summed E-state index contributed by atoms with van der Waals surface area (Å²) in [5.41, 5.74) is 1.53. The maximum atomic E-state index is 12.4. The van der Waals surface area contributed by atoms with Gasteiger partial charge in [-0.15, -0.1) is 0 Å². The van der Waals surface area contributed by atoms with E-state index in [1.165, 1.54) is 0 Å². The number of hydrogen-bond acceptors (Lipinski definition) is 5. The molecule has 1 aromatic heterocycles. The molecule has 2 heterocycles. The number of benzene rings is 2. The summed E-state index contributed by atoms with van der Waals surface area (Å²) in [5, 5.41) is 4.59. The molecule has 6 nitrogen and oxygen atoms in total. The lowest BCUT2D eigenvalue weighted by Crippen LogP contribution is -2.24. The van der Waals surface area contributed by atoms with Crippen LogP contribution in [-0.4, -0.2) is 29.7 Å². The Balaban J connectivity index is 1.55. The third kappa shape index (κ3) is 3.04. The van der Waals surface area contributed by atoms with Crippen molar-refractivity contribution in [2.45, 2.75) is 12.3 Å². The molecule has 1 saturated heterocycles. The van der Waals surface area contributed by atoms with Gasteiger partial charge >= 0.3 is 0 Å². The van der Waals surface area contributed by atoms with Gasteiger partial charge in [0, 0.05) is 18.5 Å². The Bertz CT molecular complexity index is 939. The highest BCUT2D eigenvalue weighted by Gasteiger charge is 2.35. The van der Waals surface area contributed by atoms with Crippen LogP contribution in [0.2, 0.25) is 5.02 Å². The summed E-state index contributed by atoms with van der Waals surface area (Å²) in [7, 11) is 1.61. The van der Waals surface area contributed by atoms with Crippen LogP contribution in [0.4, 0.5) is 5.69 Å². The summed E-state index contributed by atoms with van der Waals surface area (Å²) < 4.78 is 10.6. The van der Waals surface area contributed by atoms with Gasteiger partial charge in [0.05, 0.1) is 23.7 Å². The molecular weight excluding hydrogens is 354 g/mol. The van der Waals surface area contributed by atoms with E-state index in [2.05, 4.69) is 10.1 Å². The SMILES string of the molecule is COc1ccc(-c2noc(C3CC(=O)N(c4ccccc4Cl)C3)n2)cc1. The molecule has 1 amide bonds. The smallest absolute Gasteiger partial charge is 0.232 e. The van der Waals surface area contributed by atoms with Crippen molar-refractivity contribution < 1.29 is 14.1 Å². The lowest BCUT2D eigenvalue weighted by Gasteiger charge is -2.17. The number of rotatable bonds is 4. The second-order valence-electron chi connectivity index (χ2n) is 6.04. The molecule has 26 heavy (non-hydrogen) atoms. The van der Waals surface area contributed by atoms with Gasteiger partial charge in [-0.25, -0.2) is 0 Å². The minimum atomic E-state index is -0.154. The minimum absolute atomic E-state index is 0.00713. The molecule has 0 aliphatic carbocycles. The summed E-state index contributed by atoms with van der Waals surface area (Å²) in [5.74, 6) is 1.55. The average molecular weight is 370 g/mol. The Morgan fingerprint density at radius 1 is 1.19 bits per heavy atom. The number of methoxy groups -OCH3 is 1. The van der Waals surface area contributed by atoms with Crippen LogP contribution >= 0.6 is 11.6 Å². The molecule has 4 rings (SSSR count). The van der Waals surface area contributed by atoms with Gasteiger partial charge in [0.2, 0.25) is 17.6 Å². The second-order valence-corrected chi connectivity index (χ2v) is 6.45. The molecule has 0 bridgehead atoms. The molecule has 7 heteroatoms. The highest BCUT2D eigenvalue weighted by atomic mass is 35.5. The number of anilines is 1. The zero-order valence-electron chi connectivity index (χ0n) is 14.1. The van der Waals surface area contributed by atoms with Crippen molar-refractivity contribution in [2.75, 3.05) is 18.6 Å². The van der Waals surface area contributed by atoms with E-state index >= 15 is 0 Å². The van der Waals surface area contributed by atoms with E-state index in [9.17, 15) is 4.79 Å². The number of aromatic nitrogens is 2. The van der Waals surface area contributed by atoms with Gasteiger partial charge in [-0.3, -0.25) is 4.79 Å². The Kier molecular flexibility index (Phi) is 4.34. The minimum Gasteiger partial charge on any atom is -0.497 e. The highest BCUT2D eigenvalue weighted by Crippen LogP contribution is 2.35. The summed E-state index contributed by atoms with van der Waals surface area (Å²) in [6.45, 7) is 0.465. The fourth-order valence-electron chi connectivity index (χ4n) is 3.03. The number of hydrogen-bond donors (Lipinski definition) is 0. The fourth-order valence-corrected chi connectivity index (χ4v) is 3.27. The number of carbonyl (C=O) groups excluding carboxylic acids is 1. The summed E-state index contributed by atoms with van der Waals surface area (Å²) in [6, 6.07) is 14.7. The van der Waals surface area contributed by atoms with Crippen LogP contribution in [0.1, 0.15) is 18.2 Å². The number of halogens is 1. The standard InChI is InChI=1S/C19H16ClN3O3/c1-25-14-8-6-12(7-9-14)18-21-19(26-22-18)13-10-17(24)23(11-13)16-5-3-2-4-15(16)20/h2-9,13H,10-11H2,1H3. The molecule has 0 spiro atoms. The van der Waals surface area contributed by atoms with E-state index < -0.39 is 0 Å². The van der Waals surface area contributed by atoms with Crippen LogP contribution in [0.25, 0.3) is 11.4 Å². The van der Waals surface area contributed by atoms with E-state index in [0.717, 1.165) is 11.3 Å². The predicted octanol–water partition coefficient (Wildman–Crippen LogP) is 3.92. The topological polar surface area (TPSA) is 68.5 Å². The van der Waals surface area contributed by atoms with E-state index in [0.29, 0.717) is 35.4 Å². The van der Waals surface area contributed by atoms with Gasteiger partial charge < -0.3 is 14.2 Å².